The summed E-state index contributed by atoms with van der Waals surface area (Å²) < 4.78 is 6.73. The zero-order chi connectivity index (χ0) is 19.8. The lowest BCUT2D eigenvalue weighted by Crippen LogP contribution is -2.49. The molecule has 0 saturated heterocycles. The van der Waals surface area contributed by atoms with Gasteiger partial charge in [0.2, 0.25) is 5.91 Å². The molecule has 0 bridgehead atoms. The number of hydrogen-bond acceptors (Lipinski definition) is 3. The highest BCUT2D eigenvalue weighted by molar-refractivity contribution is 14.1. The zero-order valence-electron chi connectivity index (χ0n) is 15.9. The molecule has 2 amide bonds. The first-order chi connectivity index (χ1) is 12.9. The van der Waals surface area contributed by atoms with Gasteiger partial charge in [-0.25, -0.2) is 0 Å². The molecule has 0 saturated carbocycles. The minimum absolute atomic E-state index is 0.115. The predicted molar refractivity (Wildman–Crippen MR) is 115 cm³/mol. The van der Waals surface area contributed by atoms with Crippen LogP contribution in [0.25, 0.3) is 0 Å². The topological polar surface area (TPSA) is 58.6 Å². The van der Waals surface area contributed by atoms with Gasteiger partial charge in [-0.3, -0.25) is 9.59 Å². The minimum Gasteiger partial charge on any atom is -0.484 e. The maximum absolute atomic E-state index is 12.9. The van der Waals surface area contributed by atoms with Crippen LogP contribution in [-0.4, -0.2) is 35.9 Å². The van der Waals surface area contributed by atoms with Gasteiger partial charge < -0.3 is 15.0 Å². The maximum Gasteiger partial charge on any atom is 0.261 e. The molecule has 6 heteroatoms. The van der Waals surface area contributed by atoms with Crippen LogP contribution in [0.4, 0.5) is 0 Å². The molecule has 0 aliphatic heterocycles. The van der Waals surface area contributed by atoms with Gasteiger partial charge in [0.05, 0.1) is 0 Å². The largest absolute Gasteiger partial charge is 0.484 e. The second-order valence-corrected chi connectivity index (χ2v) is 7.51. The minimum atomic E-state index is -0.586. The van der Waals surface area contributed by atoms with Crippen molar-refractivity contribution < 1.29 is 14.3 Å². The number of aryl methyl sites for hydroxylation is 1. The van der Waals surface area contributed by atoms with E-state index in [-0.39, 0.29) is 18.4 Å². The standard InChI is InChI=1S/C21H25IN2O3/c1-4-23-21(26)16(3)24(13-17-8-6-5-7-15(17)2)20(25)14-27-19-11-9-18(22)10-12-19/h5-12,16H,4,13-14H2,1-3H3,(H,23,26). The molecular weight excluding hydrogens is 455 g/mol. The summed E-state index contributed by atoms with van der Waals surface area (Å²) in [4.78, 5) is 26.8. The number of rotatable bonds is 8. The molecule has 1 atom stereocenters. The molecule has 0 fully saturated rings. The third-order valence-electron chi connectivity index (χ3n) is 4.30. The number of amides is 2. The molecule has 1 unspecified atom stereocenters. The van der Waals surface area contributed by atoms with E-state index in [1.165, 1.54) is 0 Å². The molecule has 0 aliphatic rings. The molecule has 144 valence electrons. The summed E-state index contributed by atoms with van der Waals surface area (Å²) in [7, 11) is 0. The van der Waals surface area contributed by atoms with Crippen LogP contribution in [0.3, 0.4) is 0 Å². The summed E-state index contributed by atoms with van der Waals surface area (Å²) in [6, 6.07) is 14.8. The van der Waals surface area contributed by atoms with Gasteiger partial charge in [0.25, 0.3) is 5.91 Å². The molecule has 0 aromatic heterocycles. The molecule has 0 heterocycles. The van der Waals surface area contributed by atoms with Crippen molar-refractivity contribution in [3.05, 3.63) is 63.2 Å². The van der Waals surface area contributed by atoms with E-state index in [1.807, 2.05) is 62.4 Å². The van der Waals surface area contributed by atoms with E-state index < -0.39 is 6.04 Å². The lowest BCUT2D eigenvalue weighted by Gasteiger charge is -2.29. The van der Waals surface area contributed by atoms with E-state index in [9.17, 15) is 9.59 Å². The third kappa shape index (κ3) is 6.23. The molecule has 2 aromatic carbocycles. The quantitative estimate of drug-likeness (QED) is 0.589. The van der Waals surface area contributed by atoms with Crippen LogP contribution in [0.15, 0.2) is 48.5 Å². The molecule has 2 rings (SSSR count). The molecule has 5 nitrogen and oxygen atoms in total. The summed E-state index contributed by atoms with van der Waals surface area (Å²) in [5, 5.41) is 2.79. The Kier molecular flexibility index (Phi) is 8.09. The SMILES string of the molecule is CCNC(=O)C(C)N(Cc1ccccc1C)C(=O)COc1ccc(I)cc1. The Balaban J connectivity index is 2.14. The number of likely N-dealkylation sites (N-methyl/N-ethyl adjacent to an activating group) is 1. The number of halogens is 1. The summed E-state index contributed by atoms with van der Waals surface area (Å²) >= 11 is 2.21. The average molecular weight is 480 g/mol. The van der Waals surface area contributed by atoms with E-state index in [0.717, 1.165) is 14.7 Å². The van der Waals surface area contributed by atoms with Crippen molar-refractivity contribution in [1.29, 1.82) is 0 Å². The van der Waals surface area contributed by atoms with E-state index >= 15 is 0 Å². The average Bonchev–Trinajstić information content (AvgIpc) is 2.66. The van der Waals surface area contributed by atoms with Crippen molar-refractivity contribution in [2.75, 3.05) is 13.2 Å². The van der Waals surface area contributed by atoms with E-state index in [4.69, 9.17) is 4.74 Å². The Morgan fingerprint density at radius 1 is 1.15 bits per heavy atom. The first-order valence-electron chi connectivity index (χ1n) is 8.92. The normalized spacial score (nSPS) is 11.6. The number of ether oxygens (including phenoxy) is 1. The van der Waals surface area contributed by atoms with Crippen molar-refractivity contribution in [2.24, 2.45) is 0 Å². The van der Waals surface area contributed by atoms with Crippen LogP contribution in [0.2, 0.25) is 0 Å². The molecule has 0 aliphatic carbocycles. The van der Waals surface area contributed by atoms with Gasteiger partial charge in [0.1, 0.15) is 11.8 Å². The summed E-state index contributed by atoms with van der Waals surface area (Å²) in [5.74, 6) is 0.231. The highest BCUT2D eigenvalue weighted by Crippen LogP contribution is 2.16. The lowest BCUT2D eigenvalue weighted by atomic mass is 10.1. The van der Waals surface area contributed by atoms with Crippen molar-refractivity contribution in [1.82, 2.24) is 10.2 Å². The Bertz CT molecular complexity index is 777. The first-order valence-corrected chi connectivity index (χ1v) is 10.00. The van der Waals surface area contributed by atoms with Gasteiger partial charge in [-0.2, -0.15) is 0 Å². The fourth-order valence-corrected chi connectivity index (χ4v) is 2.99. The molecule has 2 aromatic rings. The van der Waals surface area contributed by atoms with Gasteiger partial charge in [0.15, 0.2) is 6.61 Å². The highest BCUT2D eigenvalue weighted by Gasteiger charge is 2.26. The number of nitrogens with zero attached hydrogens (tertiary/aromatic N) is 1. The monoisotopic (exact) mass is 480 g/mol. The Labute approximate surface area is 174 Å². The van der Waals surface area contributed by atoms with Gasteiger partial charge >= 0.3 is 0 Å². The number of hydrogen-bond donors (Lipinski definition) is 1. The summed E-state index contributed by atoms with van der Waals surface area (Å²) in [6.45, 7) is 6.37. The third-order valence-corrected chi connectivity index (χ3v) is 5.02. The van der Waals surface area contributed by atoms with Gasteiger partial charge in [-0.05, 0) is 78.8 Å². The molecule has 27 heavy (non-hydrogen) atoms. The maximum atomic E-state index is 12.9. The number of carbonyl (C=O) groups excluding carboxylic acids is 2. The smallest absolute Gasteiger partial charge is 0.261 e. The Hall–Kier alpha value is -2.09. The van der Waals surface area contributed by atoms with Gasteiger partial charge in [-0.15, -0.1) is 0 Å². The van der Waals surface area contributed by atoms with Gasteiger partial charge in [0, 0.05) is 16.7 Å². The molecule has 0 spiro atoms. The van der Waals surface area contributed by atoms with Crippen molar-refractivity contribution in [3.63, 3.8) is 0 Å². The van der Waals surface area contributed by atoms with Crippen molar-refractivity contribution >= 4 is 34.4 Å². The second-order valence-electron chi connectivity index (χ2n) is 6.26. The van der Waals surface area contributed by atoms with Crippen LogP contribution in [0, 0.1) is 10.5 Å². The predicted octanol–water partition coefficient (Wildman–Crippen LogP) is 3.53. The molecule has 0 radical (unpaired) electrons. The summed E-state index contributed by atoms with van der Waals surface area (Å²) in [6.07, 6.45) is 0. The lowest BCUT2D eigenvalue weighted by molar-refractivity contribution is -0.142. The van der Waals surface area contributed by atoms with Crippen LogP contribution >= 0.6 is 22.6 Å². The van der Waals surface area contributed by atoms with Crippen LogP contribution in [-0.2, 0) is 16.1 Å². The fraction of sp³-hybridized carbons (Fsp3) is 0.333. The highest BCUT2D eigenvalue weighted by atomic mass is 127. The van der Waals surface area contributed by atoms with Crippen molar-refractivity contribution in [2.45, 2.75) is 33.4 Å². The van der Waals surface area contributed by atoms with Crippen LogP contribution < -0.4 is 10.1 Å². The van der Waals surface area contributed by atoms with Crippen LogP contribution in [0.1, 0.15) is 25.0 Å². The number of nitrogens with one attached hydrogen (secondary N) is 1. The first kappa shape index (κ1) is 21.2. The Morgan fingerprint density at radius 2 is 1.81 bits per heavy atom. The van der Waals surface area contributed by atoms with E-state index in [1.54, 1.807) is 11.8 Å². The molecule has 1 N–H and O–H groups in total. The fourth-order valence-electron chi connectivity index (χ4n) is 2.63. The van der Waals surface area contributed by atoms with Crippen molar-refractivity contribution in [3.8, 4) is 5.75 Å². The molecular formula is C21H25IN2O3. The summed E-state index contributed by atoms with van der Waals surface area (Å²) in [5.41, 5.74) is 2.09. The van der Waals surface area contributed by atoms with E-state index in [2.05, 4.69) is 27.9 Å². The zero-order valence-corrected chi connectivity index (χ0v) is 18.0. The van der Waals surface area contributed by atoms with Gasteiger partial charge in [-0.1, -0.05) is 24.3 Å². The second kappa shape index (κ2) is 10.3. The number of benzene rings is 2. The Morgan fingerprint density at radius 3 is 2.44 bits per heavy atom. The van der Waals surface area contributed by atoms with E-state index in [0.29, 0.717) is 18.8 Å². The van der Waals surface area contributed by atoms with Crippen LogP contribution in [0.5, 0.6) is 5.75 Å². The number of carbonyl (C=O) groups is 2.